The maximum atomic E-state index is 5.67. The summed E-state index contributed by atoms with van der Waals surface area (Å²) >= 11 is 1.75. The molecule has 2 N–H and O–H groups in total. The van der Waals surface area contributed by atoms with E-state index in [1.807, 2.05) is 13.2 Å². The van der Waals surface area contributed by atoms with Crippen molar-refractivity contribution in [3.63, 3.8) is 0 Å². The molecule has 0 saturated heterocycles. The van der Waals surface area contributed by atoms with Crippen molar-refractivity contribution in [3.05, 3.63) is 16.1 Å². The van der Waals surface area contributed by atoms with Crippen molar-refractivity contribution in [2.24, 2.45) is 10.4 Å². The zero-order valence-corrected chi connectivity index (χ0v) is 15.3. The van der Waals surface area contributed by atoms with Crippen LogP contribution >= 0.6 is 11.3 Å². The molecular weight excluding hydrogens is 296 g/mol. The number of rotatable bonds is 5. The Morgan fingerprint density at radius 3 is 2.73 bits per heavy atom. The van der Waals surface area contributed by atoms with E-state index in [1.165, 1.54) is 4.88 Å². The molecule has 124 valence electrons. The minimum Gasteiger partial charge on any atom is -0.378 e. The fourth-order valence-corrected chi connectivity index (χ4v) is 3.67. The highest BCUT2D eigenvalue weighted by Gasteiger charge is 2.57. The number of ether oxygens (including phenoxy) is 1. The second-order valence-electron chi connectivity index (χ2n) is 6.67. The largest absolute Gasteiger partial charge is 0.378 e. The molecule has 1 heterocycles. The maximum absolute atomic E-state index is 5.67. The molecule has 0 aromatic carbocycles. The Bertz CT molecular complexity index is 540. The molecule has 2 unspecified atom stereocenters. The minimum absolute atomic E-state index is 0.0675. The van der Waals surface area contributed by atoms with Crippen LogP contribution in [0.4, 0.5) is 0 Å². The van der Waals surface area contributed by atoms with Gasteiger partial charge in [-0.05, 0) is 20.3 Å². The summed E-state index contributed by atoms with van der Waals surface area (Å²) in [6.45, 7) is 9.57. The van der Waals surface area contributed by atoms with Gasteiger partial charge in [0.25, 0.3) is 0 Å². The van der Waals surface area contributed by atoms with Crippen molar-refractivity contribution in [3.8, 4) is 0 Å². The van der Waals surface area contributed by atoms with Gasteiger partial charge in [-0.25, -0.2) is 4.98 Å². The van der Waals surface area contributed by atoms with E-state index in [0.717, 1.165) is 30.4 Å². The molecule has 0 bridgehead atoms. The lowest BCUT2D eigenvalue weighted by atomic mass is 9.56. The number of aromatic nitrogens is 1. The zero-order chi connectivity index (χ0) is 16.4. The summed E-state index contributed by atoms with van der Waals surface area (Å²) in [5.74, 6) is 0.851. The molecule has 2 atom stereocenters. The number of nitrogens with one attached hydrogen (secondary N) is 2. The van der Waals surface area contributed by atoms with Crippen LogP contribution in [0.3, 0.4) is 0 Å². The second kappa shape index (κ2) is 6.54. The van der Waals surface area contributed by atoms with Gasteiger partial charge >= 0.3 is 0 Å². The monoisotopic (exact) mass is 324 g/mol. The Labute approximate surface area is 137 Å². The first-order valence-electron chi connectivity index (χ1n) is 7.76. The Kier molecular flexibility index (Phi) is 5.12. The molecule has 1 aliphatic carbocycles. The summed E-state index contributed by atoms with van der Waals surface area (Å²) < 4.78 is 5.67. The number of nitrogens with zero attached hydrogens (tertiary/aromatic N) is 2. The van der Waals surface area contributed by atoms with Crippen LogP contribution in [0.25, 0.3) is 0 Å². The van der Waals surface area contributed by atoms with Gasteiger partial charge in [0.05, 0.1) is 10.6 Å². The number of methoxy groups -OCH3 is 1. The number of hydrogen-bond acceptors (Lipinski definition) is 4. The third-order valence-corrected chi connectivity index (χ3v) is 6.09. The van der Waals surface area contributed by atoms with Crippen molar-refractivity contribution in [1.82, 2.24) is 15.6 Å². The van der Waals surface area contributed by atoms with Crippen LogP contribution in [-0.4, -0.2) is 43.3 Å². The average Bonchev–Trinajstić information content (AvgIpc) is 2.90. The number of aryl methyl sites for hydroxylation is 1. The number of guanidine groups is 1. The van der Waals surface area contributed by atoms with E-state index in [4.69, 9.17) is 4.74 Å². The molecule has 0 spiro atoms. The average molecular weight is 324 g/mol. The molecule has 22 heavy (non-hydrogen) atoms. The number of aliphatic imine (C=N–C) groups is 1. The third-order valence-electron chi connectivity index (χ3n) is 5.11. The lowest BCUT2D eigenvalue weighted by Gasteiger charge is -2.59. The molecule has 1 saturated carbocycles. The molecule has 0 radical (unpaired) electrons. The van der Waals surface area contributed by atoms with Crippen molar-refractivity contribution >= 4 is 17.3 Å². The summed E-state index contributed by atoms with van der Waals surface area (Å²) in [6.07, 6.45) is 3.83. The van der Waals surface area contributed by atoms with Crippen molar-refractivity contribution in [2.75, 3.05) is 20.7 Å². The van der Waals surface area contributed by atoms with E-state index in [-0.39, 0.29) is 11.0 Å². The van der Waals surface area contributed by atoms with Crippen LogP contribution in [-0.2, 0) is 11.2 Å². The van der Waals surface area contributed by atoms with Crippen LogP contribution in [0.5, 0.6) is 0 Å². The van der Waals surface area contributed by atoms with Gasteiger partial charge in [-0.3, -0.25) is 4.99 Å². The molecule has 1 aromatic rings. The maximum Gasteiger partial charge on any atom is 0.191 e. The van der Waals surface area contributed by atoms with Gasteiger partial charge < -0.3 is 15.4 Å². The SMILES string of the molecule is CN=C(NCCc1ncc(C)s1)NC1CC(C)(OC)C1(C)C. The smallest absolute Gasteiger partial charge is 0.191 e. The Balaban J connectivity index is 1.81. The fourth-order valence-electron chi connectivity index (χ4n) is 2.89. The van der Waals surface area contributed by atoms with E-state index in [0.29, 0.717) is 6.04 Å². The van der Waals surface area contributed by atoms with E-state index in [1.54, 1.807) is 18.4 Å². The summed E-state index contributed by atoms with van der Waals surface area (Å²) in [7, 11) is 3.60. The van der Waals surface area contributed by atoms with Crippen LogP contribution in [0, 0.1) is 12.3 Å². The summed E-state index contributed by atoms with van der Waals surface area (Å²) in [5, 5.41) is 8.05. The highest BCUT2D eigenvalue weighted by molar-refractivity contribution is 7.11. The van der Waals surface area contributed by atoms with E-state index < -0.39 is 0 Å². The van der Waals surface area contributed by atoms with Crippen molar-refractivity contribution in [2.45, 2.75) is 52.2 Å². The minimum atomic E-state index is -0.0675. The molecular formula is C16H28N4OS. The summed E-state index contributed by atoms with van der Waals surface area (Å²) in [4.78, 5) is 9.96. The second-order valence-corrected chi connectivity index (χ2v) is 7.99. The lowest BCUT2D eigenvalue weighted by molar-refractivity contribution is -0.176. The normalized spacial score (nSPS) is 27.4. The first kappa shape index (κ1) is 17.2. The fraction of sp³-hybridized carbons (Fsp3) is 0.750. The molecule has 0 aliphatic heterocycles. The Morgan fingerprint density at radius 2 is 2.23 bits per heavy atom. The number of thiazole rings is 1. The van der Waals surface area contributed by atoms with Crippen molar-refractivity contribution < 1.29 is 4.74 Å². The molecule has 6 heteroatoms. The Hall–Kier alpha value is -1.14. The molecule has 1 aliphatic rings. The van der Waals surface area contributed by atoms with Gasteiger partial charge in [0, 0.05) is 49.7 Å². The van der Waals surface area contributed by atoms with Gasteiger partial charge in [-0.2, -0.15) is 0 Å². The predicted molar refractivity (Wildman–Crippen MR) is 92.7 cm³/mol. The van der Waals surface area contributed by atoms with E-state index in [9.17, 15) is 0 Å². The molecule has 2 rings (SSSR count). The molecule has 1 aromatic heterocycles. The Morgan fingerprint density at radius 1 is 1.50 bits per heavy atom. The van der Waals surface area contributed by atoms with Gasteiger partial charge in [0.1, 0.15) is 0 Å². The van der Waals surface area contributed by atoms with Crippen LogP contribution < -0.4 is 10.6 Å². The highest BCUT2D eigenvalue weighted by Crippen LogP contribution is 2.51. The van der Waals surface area contributed by atoms with E-state index in [2.05, 4.69) is 48.3 Å². The summed E-state index contributed by atoms with van der Waals surface area (Å²) in [5.41, 5.74) is 0.00766. The third kappa shape index (κ3) is 3.27. The highest BCUT2D eigenvalue weighted by atomic mass is 32.1. The van der Waals surface area contributed by atoms with Gasteiger partial charge in [0.15, 0.2) is 5.96 Å². The first-order valence-corrected chi connectivity index (χ1v) is 8.57. The van der Waals surface area contributed by atoms with Crippen LogP contribution in [0.1, 0.15) is 37.1 Å². The van der Waals surface area contributed by atoms with E-state index >= 15 is 0 Å². The number of hydrogen-bond donors (Lipinski definition) is 2. The van der Waals surface area contributed by atoms with Crippen LogP contribution in [0.15, 0.2) is 11.2 Å². The first-order chi connectivity index (χ1) is 10.3. The predicted octanol–water partition coefficient (Wildman–Crippen LogP) is 2.36. The standard InChI is InChI=1S/C16H28N4OS/c1-11-10-19-13(22-11)7-8-18-14(17-5)20-12-9-16(4,21-6)15(12,2)3/h10,12H,7-9H2,1-6H3,(H2,17,18,20). The topological polar surface area (TPSA) is 58.5 Å². The van der Waals surface area contributed by atoms with Gasteiger partial charge in [0.2, 0.25) is 0 Å². The van der Waals surface area contributed by atoms with Crippen molar-refractivity contribution in [1.29, 1.82) is 0 Å². The molecule has 1 fully saturated rings. The quantitative estimate of drug-likeness (QED) is 0.645. The molecule has 0 amide bonds. The van der Waals surface area contributed by atoms with Gasteiger partial charge in [-0.1, -0.05) is 13.8 Å². The molecule has 5 nitrogen and oxygen atoms in total. The lowest BCUT2D eigenvalue weighted by Crippen LogP contribution is -2.69. The van der Waals surface area contributed by atoms with Crippen LogP contribution in [0.2, 0.25) is 0 Å². The zero-order valence-electron chi connectivity index (χ0n) is 14.5. The van der Waals surface area contributed by atoms with Gasteiger partial charge in [-0.15, -0.1) is 11.3 Å². The summed E-state index contributed by atoms with van der Waals surface area (Å²) in [6, 6.07) is 0.366.